The zero-order valence-electron chi connectivity index (χ0n) is 18.1. The lowest BCUT2D eigenvalue weighted by atomic mass is 9.96. The summed E-state index contributed by atoms with van der Waals surface area (Å²) < 4.78 is 18.1. The van der Waals surface area contributed by atoms with Crippen molar-refractivity contribution < 1.29 is 14.6 Å². The molecule has 5 heterocycles. The van der Waals surface area contributed by atoms with Crippen LogP contribution in [0.25, 0.3) is 5.52 Å². The van der Waals surface area contributed by atoms with E-state index < -0.39 is 11.9 Å². The normalized spacial score (nSPS) is 21.9. The summed E-state index contributed by atoms with van der Waals surface area (Å²) in [7, 11) is 0. The van der Waals surface area contributed by atoms with Gasteiger partial charge in [-0.05, 0) is 32.4 Å². The van der Waals surface area contributed by atoms with Gasteiger partial charge in [0.15, 0.2) is 5.82 Å². The van der Waals surface area contributed by atoms with Crippen molar-refractivity contribution in [3.05, 3.63) is 46.8 Å². The third-order valence-electron chi connectivity index (χ3n) is 6.63. The summed E-state index contributed by atoms with van der Waals surface area (Å²) in [6, 6.07) is 5.82. The highest BCUT2D eigenvalue weighted by atomic mass is 19.1. The Morgan fingerprint density at radius 2 is 2.09 bits per heavy atom. The molecule has 0 unspecified atom stereocenters. The smallest absolute Gasteiger partial charge is 0.171 e. The molecule has 5 rings (SSSR count). The van der Waals surface area contributed by atoms with Crippen molar-refractivity contribution >= 4 is 11.2 Å². The maximum absolute atomic E-state index is 14.6. The molecule has 9 nitrogen and oxygen atoms in total. The molecular weight excluding hydrogens is 413 g/mol. The van der Waals surface area contributed by atoms with Gasteiger partial charge in [0, 0.05) is 31.2 Å². The highest BCUT2D eigenvalue weighted by Gasteiger charge is 2.34. The third-order valence-corrected chi connectivity index (χ3v) is 6.63. The Morgan fingerprint density at radius 1 is 1.28 bits per heavy atom. The number of β-amino-alcohol motifs (C(OH)–C–C–N with tert-alkyl or cyclic N) is 1. The molecule has 0 radical (unpaired) electrons. The summed E-state index contributed by atoms with van der Waals surface area (Å²) in [4.78, 5) is 4.28. The molecule has 0 saturated heterocycles. The van der Waals surface area contributed by atoms with Crippen molar-refractivity contribution in [1.29, 1.82) is 5.26 Å². The van der Waals surface area contributed by atoms with Crippen LogP contribution in [0.3, 0.4) is 0 Å². The van der Waals surface area contributed by atoms with Crippen LogP contribution in [0, 0.1) is 17.1 Å². The average molecular weight is 439 g/mol. The van der Waals surface area contributed by atoms with Gasteiger partial charge in [-0.3, -0.25) is 9.58 Å². The van der Waals surface area contributed by atoms with Crippen LogP contribution in [-0.2, 0) is 19.5 Å². The highest BCUT2D eigenvalue weighted by Crippen LogP contribution is 2.35. The fourth-order valence-corrected chi connectivity index (χ4v) is 5.01. The lowest BCUT2D eigenvalue weighted by molar-refractivity contribution is 0.0400. The van der Waals surface area contributed by atoms with Crippen molar-refractivity contribution in [3.8, 4) is 6.07 Å². The van der Waals surface area contributed by atoms with Crippen molar-refractivity contribution in [1.82, 2.24) is 24.3 Å². The first-order valence-electron chi connectivity index (χ1n) is 10.8. The number of aromatic nitrogens is 4. The third kappa shape index (κ3) is 3.24. The van der Waals surface area contributed by atoms with Gasteiger partial charge in [0.25, 0.3) is 0 Å². The van der Waals surface area contributed by atoms with Gasteiger partial charge in [-0.2, -0.15) is 15.5 Å². The van der Waals surface area contributed by atoms with Gasteiger partial charge < -0.3 is 15.1 Å². The van der Waals surface area contributed by atoms with Crippen LogP contribution in [0.15, 0.2) is 18.3 Å². The van der Waals surface area contributed by atoms with Gasteiger partial charge in [0.05, 0.1) is 48.6 Å². The molecule has 168 valence electrons. The molecule has 3 aromatic heterocycles. The zero-order chi connectivity index (χ0) is 22.6. The number of anilines is 1. The molecule has 0 aliphatic carbocycles. The Balaban J connectivity index is 1.50. The van der Waals surface area contributed by atoms with Crippen molar-refractivity contribution in [3.63, 3.8) is 0 Å². The van der Waals surface area contributed by atoms with Gasteiger partial charge in [-0.1, -0.05) is 0 Å². The largest absolute Gasteiger partial charge is 0.394 e. The lowest BCUT2D eigenvalue weighted by Gasteiger charge is -2.36. The SMILES string of the molecule is C[C@@H]1CN(c2ccc(C#N)n3ncc(F)c23)Cc2c3c(nn21)CN(C[C@@H](O)CO)[C@@H](C)C3. The molecule has 2 N–H and O–H groups in total. The van der Waals surface area contributed by atoms with Crippen molar-refractivity contribution in [2.24, 2.45) is 0 Å². The minimum absolute atomic E-state index is 0.0813. The van der Waals surface area contributed by atoms with Crippen molar-refractivity contribution in [2.45, 2.75) is 51.5 Å². The van der Waals surface area contributed by atoms with Crippen LogP contribution in [-0.4, -0.2) is 66.3 Å². The van der Waals surface area contributed by atoms with Gasteiger partial charge in [0.2, 0.25) is 0 Å². The Labute approximate surface area is 184 Å². The second-order valence-corrected chi connectivity index (χ2v) is 8.83. The first-order chi connectivity index (χ1) is 15.4. The monoisotopic (exact) mass is 439 g/mol. The molecular formula is C22H26FN7O2. The van der Waals surface area contributed by atoms with E-state index in [4.69, 9.17) is 5.10 Å². The van der Waals surface area contributed by atoms with E-state index in [1.165, 1.54) is 10.1 Å². The minimum atomic E-state index is -0.769. The van der Waals surface area contributed by atoms with Gasteiger partial charge >= 0.3 is 0 Å². The van der Waals surface area contributed by atoms with Crippen LogP contribution in [0.1, 0.15) is 42.5 Å². The molecule has 0 bridgehead atoms. The molecule has 0 fully saturated rings. The number of aliphatic hydroxyl groups is 2. The summed E-state index contributed by atoms with van der Waals surface area (Å²) in [6.45, 7) is 6.23. The average Bonchev–Trinajstić information content (AvgIpc) is 3.34. The van der Waals surface area contributed by atoms with E-state index in [1.54, 1.807) is 12.1 Å². The molecule has 3 atom stereocenters. The van der Waals surface area contributed by atoms with Gasteiger partial charge in [-0.25, -0.2) is 8.91 Å². The van der Waals surface area contributed by atoms with Crippen molar-refractivity contribution in [2.75, 3.05) is 24.6 Å². The molecule has 10 heteroatoms. The number of fused-ring (bicyclic) bond motifs is 4. The fraction of sp³-hybridized carbons (Fsp3) is 0.500. The maximum Gasteiger partial charge on any atom is 0.171 e. The number of halogens is 1. The van der Waals surface area contributed by atoms with E-state index in [1.807, 2.05) is 0 Å². The predicted molar refractivity (Wildman–Crippen MR) is 115 cm³/mol. The van der Waals surface area contributed by atoms with E-state index in [-0.39, 0.29) is 18.7 Å². The molecule has 0 saturated carbocycles. The van der Waals surface area contributed by atoms with Crippen LogP contribution in [0.2, 0.25) is 0 Å². The number of hydrogen-bond donors (Lipinski definition) is 2. The number of rotatable bonds is 4. The number of hydrogen-bond acceptors (Lipinski definition) is 7. The Hall–Kier alpha value is -3.00. The Kier molecular flexibility index (Phi) is 5.12. The first kappa shape index (κ1) is 20.9. The summed E-state index contributed by atoms with van der Waals surface area (Å²) in [5.74, 6) is -0.447. The fourth-order valence-electron chi connectivity index (χ4n) is 5.01. The lowest BCUT2D eigenvalue weighted by Crippen LogP contribution is -2.43. The van der Waals surface area contributed by atoms with E-state index in [9.17, 15) is 19.9 Å². The van der Waals surface area contributed by atoms with Crippen LogP contribution < -0.4 is 4.90 Å². The summed E-state index contributed by atoms with van der Waals surface area (Å²) in [6.07, 6.45) is 1.18. The molecule has 2 aliphatic rings. The number of pyridine rings is 1. The Bertz CT molecular complexity index is 1210. The summed E-state index contributed by atoms with van der Waals surface area (Å²) in [5, 5.41) is 37.4. The molecule has 0 spiro atoms. The highest BCUT2D eigenvalue weighted by molar-refractivity contribution is 5.75. The second kappa shape index (κ2) is 7.85. The zero-order valence-corrected chi connectivity index (χ0v) is 18.1. The quantitative estimate of drug-likeness (QED) is 0.630. The Morgan fingerprint density at radius 3 is 2.84 bits per heavy atom. The molecule has 32 heavy (non-hydrogen) atoms. The van der Waals surface area contributed by atoms with E-state index in [0.717, 1.165) is 24.0 Å². The molecule has 2 aliphatic heterocycles. The number of aliphatic hydroxyl groups excluding tert-OH is 2. The van der Waals surface area contributed by atoms with E-state index in [2.05, 4.69) is 39.5 Å². The minimum Gasteiger partial charge on any atom is -0.394 e. The van der Waals surface area contributed by atoms with Gasteiger partial charge in [0.1, 0.15) is 17.3 Å². The first-order valence-corrected chi connectivity index (χ1v) is 10.8. The van der Waals surface area contributed by atoms with Gasteiger partial charge in [-0.15, -0.1) is 0 Å². The van der Waals surface area contributed by atoms with Crippen LogP contribution in [0.5, 0.6) is 0 Å². The number of nitrogens with zero attached hydrogens (tertiary/aromatic N) is 7. The van der Waals surface area contributed by atoms with E-state index >= 15 is 0 Å². The number of nitriles is 1. The second-order valence-electron chi connectivity index (χ2n) is 8.83. The molecule has 0 amide bonds. The maximum atomic E-state index is 14.6. The summed E-state index contributed by atoms with van der Waals surface area (Å²) >= 11 is 0. The predicted octanol–water partition coefficient (Wildman–Crippen LogP) is 1.22. The standard InChI is InChI=1S/C22H26FN7O2/c1-13-5-17-19(10-27(13)9-16(32)12-31)26-29-14(2)8-28(11-21(17)29)20-4-3-15(6-24)30-22(20)18(23)7-25-30/h3-4,7,13-14,16,31-32H,5,8-12H2,1-2H3/t13-,14+,16+/m0/s1. The van der Waals surface area contributed by atoms with Crippen LogP contribution in [0.4, 0.5) is 10.1 Å². The summed E-state index contributed by atoms with van der Waals surface area (Å²) in [5.41, 5.74) is 4.65. The van der Waals surface area contributed by atoms with E-state index in [0.29, 0.717) is 43.1 Å². The molecule has 3 aromatic rings. The molecule has 0 aromatic carbocycles. The van der Waals surface area contributed by atoms with Crippen LogP contribution >= 0.6 is 0 Å². The topological polar surface area (TPSA) is 106 Å².